The van der Waals surface area contributed by atoms with Gasteiger partial charge >= 0.3 is 0 Å². The van der Waals surface area contributed by atoms with Gasteiger partial charge in [-0.2, -0.15) is 0 Å². The van der Waals surface area contributed by atoms with Gasteiger partial charge in [0.1, 0.15) is 24.1 Å². The van der Waals surface area contributed by atoms with Crippen molar-refractivity contribution in [1.29, 1.82) is 0 Å². The molecule has 21 heavy (non-hydrogen) atoms. The highest BCUT2D eigenvalue weighted by atomic mass is 79.9. The number of rotatable bonds is 6. The molecule has 0 saturated heterocycles. The van der Waals surface area contributed by atoms with Crippen molar-refractivity contribution >= 4 is 33.3 Å². The number of nitrogens with zero attached hydrogens (tertiary/aromatic N) is 2. The number of nitrogen functional groups attached to an aromatic ring is 1. The van der Waals surface area contributed by atoms with Crippen LogP contribution in [0, 0.1) is 5.82 Å². The number of hydrogen-bond acceptors (Lipinski definition) is 6. The lowest BCUT2D eigenvalue weighted by atomic mass is 10.3. The van der Waals surface area contributed by atoms with Crippen molar-refractivity contribution in [2.75, 3.05) is 17.3 Å². The van der Waals surface area contributed by atoms with Crippen LogP contribution in [0.5, 0.6) is 0 Å². The topological polar surface area (TPSA) is 85.1 Å². The number of nitrogens with two attached hydrogens (primary N) is 1. The fourth-order valence-corrected chi connectivity index (χ4v) is 1.99. The molecule has 0 bridgehead atoms. The maximum atomic E-state index is 13.2. The van der Waals surface area contributed by atoms with Crippen molar-refractivity contribution in [3.05, 3.63) is 40.4 Å². The molecule has 0 spiro atoms. The lowest BCUT2D eigenvalue weighted by molar-refractivity contribution is 0.128. The van der Waals surface area contributed by atoms with Gasteiger partial charge in [0, 0.05) is 18.4 Å². The van der Waals surface area contributed by atoms with Gasteiger partial charge in [-0.15, -0.1) is 0 Å². The highest BCUT2D eigenvalue weighted by molar-refractivity contribution is 9.10. The van der Waals surface area contributed by atoms with Crippen LogP contribution in [-0.2, 0) is 11.3 Å². The Bertz CT molecular complexity index is 626. The molecule has 4 N–H and O–H groups in total. The first-order valence-corrected chi connectivity index (χ1v) is 7.06. The average molecular weight is 356 g/mol. The van der Waals surface area contributed by atoms with Crippen LogP contribution in [0.25, 0.3) is 0 Å². The highest BCUT2D eigenvalue weighted by Crippen LogP contribution is 2.23. The Morgan fingerprint density at radius 3 is 2.71 bits per heavy atom. The van der Waals surface area contributed by atoms with Crippen molar-refractivity contribution in [3.8, 4) is 0 Å². The van der Waals surface area contributed by atoms with Crippen molar-refractivity contribution in [2.45, 2.75) is 13.5 Å². The molecule has 0 aliphatic rings. The molecule has 1 heterocycles. The Morgan fingerprint density at radius 1 is 1.29 bits per heavy atom. The van der Waals surface area contributed by atoms with Crippen LogP contribution in [0.1, 0.15) is 12.7 Å². The van der Waals surface area contributed by atoms with Gasteiger partial charge in [-0.1, -0.05) is 0 Å². The van der Waals surface area contributed by atoms with Gasteiger partial charge in [-0.25, -0.2) is 20.2 Å². The Balaban J connectivity index is 2.23. The fraction of sp³-hybridized carbons (Fsp3) is 0.231. The first-order chi connectivity index (χ1) is 10.1. The van der Waals surface area contributed by atoms with Crippen LogP contribution in [0.2, 0.25) is 0 Å². The second kappa shape index (κ2) is 7.30. The molecule has 0 unspecified atom stereocenters. The van der Waals surface area contributed by atoms with E-state index in [9.17, 15) is 4.39 Å². The highest BCUT2D eigenvalue weighted by Gasteiger charge is 2.06. The molecule has 0 fully saturated rings. The summed E-state index contributed by atoms with van der Waals surface area (Å²) in [4.78, 5) is 8.50. The molecule has 112 valence electrons. The van der Waals surface area contributed by atoms with Crippen molar-refractivity contribution in [1.82, 2.24) is 9.97 Å². The zero-order valence-corrected chi connectivity index (χ0v) is 12.9. The quantitative estimate of drug-likeness (QED) is 0.545. The van der Waals surface area contributed by atoms with E-state index < -0.39 is 0 Å². The largest absolute Gasteiger partial charge is 0.374 e. The van der Waals surface area contributed by atoms with E-state index in [1.165, 1.54) is 6.07 Å². The van der Waals surface area contributed by atoms with Gasteiger partial charge in [0.25, 0.3) is 0 Å². The SMILES string of the molecule is CCOCc1nc(NN)cc(Nc2ccc(F)c(Br)c2)n1. The number of ether oxygens (including phenoxy) is 1. The van der Waals surface area contributed by atoms with Gasteiger partial charge in [0.2, 0.25) is 0 Å². The zero-order chi connectivity index (χ0) is 15.2. The maximum Gasteiger partial charge on any atom is 0.158 e. The van der Waals surface area contributed by atoms with Gasteiger partial charge < -0.3 is 15.5 Å². The smallest absolute Gasteiger partial charge is 0.158 e. The summed E-state index contributed by atoms with van der Waals surface area (Å²) in [5, 5.41) is 3.06. The number of anilines is 3. The van der Waals surface area contributed by atoms with Crippen LogP contribution in [0.3, 0.4) is 0 Å². The molecule has 6 nitrogen and oxygen atoms in total. The van der Waals surface area contributed by atoms with Crippen molar-refractivity contribution in [3.63, 3.8) is 0 Å². The number of hydrazine groups is 1. The second-order valence-corrected chi connectivity index (χ2v) is 4.94. The fourth-order valence-electron chi connectivity index (χ4n) is 1.61. The number of benzene rings is 1. The van der Waals surface area contributed by atoms with E-state index in [-0.39, 0.29) is 12.4 Å². The summed E-state index contributed by atoms with van der Waals surface area (Å²) in [6.07, 6.45) is 0. The molecule has 8 heteroatoms. The third kappa shape index (κ3) is 4.35. The third-order valence-corrected chi connectivity index (χ3v) is 3.16. The van der Waals surface area contributed by atoms with E-state index in [0.717, 1.165) is 0 Å². The second-order valence-electron chi connectivity index (χ2n) is 4.09. The van der Waals surface area contributed by atoms with Gasteiger partial charge in [-0.3, -0.25) is 0 Å². The zero-order valence-electron chi connectivity index (χ0n) is 11.4. The predicted octanol–water partition coefficient (Wildman–Crippen LogP) is 2.94. The van der Waals surface area contributed by atoms with Crippen LogP contribution < -0.4 is 16.6 Å². The summed E-state index contributed by atoms with van der Waals surface area (Å²) in [6, 6.07) is 6.23. The number of nitrogens with one attached hydrogen (secondary N) is 2. The molecule has 2 aromatic rings. The van der Waals surface area contributed by atoms with E-state index in [0.29, 0.717) is 34.2 Å². The molecule has 0 aliphatic heterocycles. The predicted molar refractivity (Wildman–Crippen MR) is 82.6 cm³/mol. The minimum absolute atomic E-state index is 0.286. The van der Waals surface area contributed by atoms with Gasteiger partial charge in [-0.05, 0) is 41.1 Å². The van der Waals surface area contributed by atoms with Crippen molar-refractivity contribution < 1.29 is 9.13 Å². The van der Waals surface area contributed by atoms with E-state index in [1.807, 2.05) is 6.92 Å². The average Bonchev–Trinajstić information content (AvgIpc) is 2.48. The van der Waals surface area contributed by atoms with Gasteiger partial charge in [0.05, 0.1) is 4.47 Å². The maximum absolute atomic E-state index is 13.2. The molecule has 0 aliphatic carbocycles. The summed E-state index contributed by atoms with van der Waals surface area (Å²) in [5.74, 6) is 6.55. The normalized spacial score (nSPS) is 10.5. The lowest BCUT2D eigenvalue weighted by Crippen LogP contribution is -2.12. The number of halogens is 2. The monoisotopic (exact) mass is 355 g/mol. The van der Waals surface area contributed by atoms with Gasteiger partial charge in [0.15, 0.2) is 5.82 Å². The Morgan fingerprint density at radius 2 is 2.05 bits per heavy atom. The van der Waals surface area contributed by atoms with E-state index in [1.54, 1.807) is 18.2 Å². The summed E-state index contributed by atoms with van der Waals surface area (Å²) >= 11 is 3.14. The molecule has 0 saturated carbocycles. The van der Waals surface area contributed by atoms with Crippen LogP contribution in [-0.4, -0.2) is 16.6 Å². The third-order valence-electron chi connectivity index (χ3n) is 2.55. The molecular weight excluding hydrogens is 341 g/mol. The standard InChI is InChI=1S/C13H15BrFN5O/c1-2-21-7-13-18-11(6-12(19-13)20-16)17-8-3-4-10(15)9(14)5-8/h3-6H,2,7,16H2,1H3,(H2,17,18,19,20). The molecule has 1 aromatic heterocycles. The minimum Gasteiger partial charge on any atom is -0.374 e. The first kappa shape index (κ1) is 15.6. The first-order valence-electron chi connectivity index (χ1n) is 6.26. The van der Waals surface area contributed by atoms with Crippen LogP contribution in [0.4, 0.5) is 21.7 Å². The summed E-state index contributed by atoms with van der Waals surface area (Å²) in [6.45, 7) is 2.74. The molecule has 1 aromatic carbocycles. The number of hydrogen-bond donors (Lipinski definition) is 3. The molecule has 0 amide bonds. The van der Waals surface area contributed by atoms with Crippen LogP contribution in [0.15, 0.2) is 28.7 Å². The summed E-state index contributed by atoms with van der Waals surface area (Å²) < 4.78 is 18.9. The molecule has 0 atom stereocenters. The minimum atomic E-state index is -0.329. The lowest BCUT2D eigenvalue weighted by Gasteiger charge is -2.10. The summed E-state index contributed by atoms with van der Waals surface area (Å²) in [7, 11) is 0. The van der Waals surface area contributed by atoms with E-state index in [2.05, 4.69) is 36.6 Å². The van der Waals surface area contributed by atoms with Crippen LogP contribution >= 0.6 is 15.9 Å². The number of aromatic nitrogens is 2. The molecular formula is C13H15BrFN5O. The molecule has 0 radical (unpaired) electrons. The Labute approximate surface area is 130 Å². The van der Waals surface area contributed by atoms with E-state index in [4.69, 9.17) is 10.6 Å². The van der Waals surface area contributed by atoms with E-state index >= 15 is 0 Å². The van der Waals surface area contributed by atoms with Crippen molar-refractivity contribution in [2.24, 2.45) is 5.84 Å². The Kier molecular flexibility index (Phi) is 5.43. The Hall–Kier alpha value is -1.77. The summed E-state index contributed by atoms with van der Waals surface area (Å²) in [5.41, 5.74) is 3.16. The molecule has 2 rings (SSSR count).